The van der Waals surface area contributed by atoms with Crippen molar-refractivity contribution in [3.63, 3.8) is 0 Å². The van der Waals surface area contributed by atoms with Gasteiger partial charge in [-0.1, -0.05) is 0 Å². The minimum atomic E-state index is -1.10. The van der Waals surface area contributed by atoms with Gasteiger partial charge in [0.1, 0.15) is 24.7 Å². The molecule has 35 heavy (non-hydrogen) atoms. The van der Waals surface area contributed by atoms with Gasteiger partial charge in [-0.25, -0.2) is 9.59 Å². The normalized spacial score (nSPS) is 10.8. The number of carbonyl (C=O) groups is 2. The molecule has 0 aliphatic rings. The molecule has 0 aromatic heterocycles. The van der Waals surface area contributed by atoms with E-state index in [1.165, 1.54) is 48.5 Å². The highest BCUT2D eigenvalue weighted by Crippen LogP contribution is 2.19. The van der Waals surface area contributed by atoms with E-state index in [2.05, 4.69) is 0 Å². The second kappa shape index (κ2) is 12.8. The van der Waals surface area contributed by atoms with E-state index in [0.717, 1.165) is 0 Å². The third-order valence-corrected chi connectivity index (χ3v) is 4.00. The van der Waals surface area contributed by atoms with Gasteiger partial charge in [0.2, 0.25) is 0 Å². The molecule has 0 aliphatic heterocycles. The predicted molar refractivity (Wildman–Crippen MR) is 116 cm³/mol. The van der Waals surface area contributed by atoms with Crippen LogP contribution in [0.15, 0.2) is 48.5 Å². The SMILES string of the molecule is CC(C)(OCCOC(=O)Oc1ccc([N+](=O)[O-])cc1)OCCOC(=O)Oc1ccc([N+](=O)[O-])cc1. The zero-order valence-electron chi connectivity index (χ0n) is 18.7. The first-order valence-corrected chi connectivity index (χ1v) is 10.0. The highest BCUT2D eigenvalue weighted by molar-refractivity contribution is 5.64. The van der Waals surface area contributed by atoms with Gasteiger partial charge in [0.25, 0.3) is 11.4 Å². The first-order valence-electron chi connectivity index (χ1n) is 10.0. The molecular formula is C21H22N2O12. The third kappa shape index (κ3) is 10.0. The number of nitrogens with zero attached hydrogens (tertiary/aromatic N) is 2. The summed E-state index contributed by atoms with van der Waals surface area (Å²) in [7, 11) is 0. The van der Waals surface area contributed by atoms with E-state index in [1.54, 1.807) is 13.8 Å². The van der Waals surface area contributed by atoms with Gasteiger partial charge in [-0.3, -0.25) is 20.2 Å². The summed E-state index contributed by atoms with van der Waals surface area (Å²) in [5.41, 5.74) is -0.290. The number of benzene rings is 2. The number of hydrogen-bond donors (Lipinski definition) is 0. The van der Waals surface area contributed by atoms with E-state index in [9.17, 15) is 29.8 Å². The number of ether oxygens (including phenoxy) is 6. The fourth-order valence-corrected chi connectivity index (χ4v) is 2.39. The topological polar surface area (TPSA) is 176 Å². The first-order chi connectivity index (χ1) is 16.6. The summed E-state index contributed by atoms with van der Waals surface area (Å²) < 4.78 is 30.4. The molecular weight excluding hydrogens is 472 g/mol. The number of hydrogen-bond acceptors (Lipinski definition) is 12. The van der Waals surface area contributed by atoms with Crippen LogP contribution in [-0.2, 0) is 18.9 Å². The molecule has 0 heterocycles. The van der Waals surface area contributed by atoms with Crippen molar-refractivity contribution < 1.29 is 47.9 Å². The van der Waals surface area contributed by atoms with Crippen molar-refractivity contribution in [2.24, 2.45) is 0 Å². The molecule has 0 saturated carbocycles. The van der Waals surface area contributed by atoms with Crippen LogP contribution in [0.3, 0.4) is 0 Å². The zero-order chi connectivity index (χ0) is 25.8. The number of non-ortho nitro benzene ring substituents is 2. The lowest BCUT2D eigenvalue weighted by molar-refractivity contribution is -0.385. The Hall–Kier alpha value is -4.30. The van der Waals surface area contributed by atoms with Gasteiger partial charge in [0.15, 0.2) is 5.79 Å². The van der Waals surface area contributed by atoms with Crippen LogP contribution >= 0.6 is 0 Å². The summed E-state index contributed by atoms with van der Waals surface area (Å²) in [6.07, 6.45) is -2.03. The first kappa shape index (κ1) is 26.9. The van der Waals surface area contributed by atoms with Gasteiger partial charge in [-0.2, -0.15) is 0 Å². The van der Waals surface area contributed by atoms with Gasteiger partial charge in [0.05, 0.1) is 23.1 Å². The maximum Gasteiger partial charge on any atom is 0.513 e. The Kier molecular flexibility index (Phi) is 9.86. The second-order valence-electron chi connectivity index (χ2n) is 7.00. The van der Waals surface area contributed by atoms with Crippen molar-refractivity contribution in [2.45, 2.75) is 19.6 Å². The zero-order valence-corrected chi connectivity index (χ0v) is 18.7. The Morgan fingerprint density at radius 2 is 1.03 bits per heavy atom. The summed E-state index contributed by atoms with van der Waals surface area (Å²) in [6, 6.07) is 9.78. The number of rotatable bonds is 12. The Bertz CT molecular complexity index is 940. The molecule has 2 rings (SSSR count). The molecule has 14 nitrogen and oxygen atoms in total. The van der Waals surface area contributed by atoms with Crippen LogP contribution in [0, 0.1) is 20.2 Å². The van der Waals surface area contributed by atoms with Crippen molar-refractivity contribution >= 4 is 23.7 Å². The van der Waals surface area contributed by atoms with Crippen LogP contribution in [0.5, 0.6) is 11.5 Å². The van der Waals surface area contributed by atoms with Gasteiger partial charge in [0, 0.05) is 24.3 Å². The lowest BCUT2D eigenvalue weighted by Crippen LogP contribution is -2.32. The van der Waals surface area contributed by atoms with Crippen molar-refractivity contribution in [2.75, 3.05) is 26.4 Å². The molecule has 0 N–H and O–H groups in total. The second-order valence-corrected chi connectivity index (χ2v) is 7.00. The molecule has 2 aromatic carbocycles. The molecule has 0 amide bonds. The van der Waals surface area contributed by atoms with Crippen molar-refractivity contribution in [1.82, 2.24) is 0 Å². The monoisotopic (exact) mass is 494 g/mol. The fraction of sp³-hybridized carbons (Fsp3) is 0.333. The van der Waals surface area contributed by atoms with Gasteiger partial charge in [-0.05, 0) is 38.1 Å². The average Bonchev–Trinajstić information content (AvgIpc) is 2.80. The molecule has 0 spiro atoms. The van der Waals surface area contributed by atoms with Crippen LogP contribution in [0.4, 0.5) is 21.0 Å². The van der Waals surface area contributed by atoms with Crippen molar-refractivity contribution in [1.29, 1.82) is 0 Å². The summed E-state index contributed by atoms with van der Waals surface area (Å²) in [6.45, 7) is 2.80. The standard InChI is InChI=1S/C21H22N2O12/c1-21(2,32-13-11-30-19(24)34-17-7-3-15(4-8-17)22(26)27)33-14-12-31-20(25)35-18-9-5-16(6-10-18)23(28)29/h3-10H,11-14H2,1-2H3. The lowest BCUT2D eigenvalue weighted by atomic mass is 10.3. The predicted octanol–water partition coefficient (Wildman–Crippen LogP) is 4.00. The van der Waals surface area contributed by atoms with Crippen LogP contribution in [0.2, 0.25) is 0 Å². The summed E-state index contributed by atoms with van der Waals surface area (Å²) in [5.74, 6) is -0.938. The van der Waals surface area contributed by atoms with Gasteiger partial charge in [-0.15, -0.1) is 0 Å². The summed E-state index contributed by atoms with van der Waals surface area (Å²) in [4.78, 5) is 43.3. The minimum absolute atomic E-state index is 0.0363. The maximum atomic E-state index is 11.7. The fourth-order valence-electron chi connectivity index (χ4n) is 2.39. The summed E-state index contributed by atoms with van der Waals surface area (Å²) in [5, 5.41) is 21.2. The molecule has 2 aromatic rings. The van der Waals surface area contributed by atoms with E-state index in [4.69, 9.17) is 28.4 Å². The molecule has 0 fully saturated rings. The van der Waals surface area contributed by atoms with Gasteiger partial charge >= 0.3 is 12.3 Å². The van der Waals surface area contributed by atoms with Gasteiger partial charge < -0.3 is 28.4 Å². The third-order valence-electron chi connectivity index (χ3n) is 4.00. The number of nitro benzene ring substituents is 2. The maximum absolute atomic E-state index is 11.7. The molecule has 14 heteroatoms. The van der Waals surface area contributed by atoms with Crippen LogP contribution in [0.25, 0.3) is 0 Å². The van der Waals surface area contributed by atoms with Crippen LogP contribution in [0.1, 0.15) is 13.8 Å². The van der Waals surface area contributed by atoms with Crippen molar-refractivity contribution in [3.05, 3.63) is 68.8 Å². The molecule has 0 saturated heterocycles. The molecule has 0 bridgehead atoms. The van der Waals surface area contributed by atoms with E-state index in [0.29, 0.717) is 0 Å². The Morgan fingerprint density at radius 3 is 1.34 bits per heavy atom. The summed E-state index contributed by atoms with van der Waals surface area (Å²) >= 11 is 0. The Labute approximate surface area is 198 Å². The minimum Gasteiger partial charge on any atom is -0.432 e. The van der Waals surface area contributed by atoms with Crippen LogP contribution < -0.4 is 9.47 Å². The molecule has 0 radical (unpaired) electrons. The smallest absolute Gasteiger partial charge is 0.432 e. The largest absolute Gasteiger partial charge is 0.513 e. The molecule has 188 valence electrons. The van der Waals surface area contributed by atoms with Crippen molar-refractivity contribution in [3.8, 4) is 11.5 Å². The Morgan fingerprint density at radius 1 is 0.686 bits per heavy atom. The molecule has 0 unspecified atom stereocenters. The molecule has 0 aliphatic carbocycles. The van der Waals surface area contributed by atoms with E-state index in [-0.39, 0.29) is 49.3 Å². The average molecular weight is 494 g/mol. The molecule has 0 atom stereocenters. The number of nitro groups is 2. The van der Waals surface area contributed by atoms with Crippen LogP contribution in [-0.4, -0.2) is 54.4 Å². The number of carbonyl (C=O) groups excluding carboxylic acids is 2. The van der Waals surface area contributed by atoms with E-state index < -0.39 is 27.9 Å². The Balaban J connectivity index is 1.58. The highest BCUT2D eigenvalue weighted by atomic mass is 16.8. The quantitative estimate of drug-likeness (QED) is 0.104. The lowest BCUT2D eigenvalue weighted by Gasteiger charge is -2.25. The van der Waals surface area contributed by atoms with E-state index in [1.807, 2.05) is 0 Å². The highest BCUT2D eigenvalue weighted by Gasteiger charge is 2.20. The van der Waals surface area contributed by atoms with E-state index >= 15 is 0 Å².